The van der Waals surface area contributed by atoms with Crippen LogP contribution in [0.2, 0.25) is 0 Å². The number of carbonyl (C=O) groups is 2. The van der Waals surface area contributed by atoms with Crippen LogP contribution in [0, 0.1) is 10.1 Å². The molecule has 0 aliphatic heterocycles. The van der Waals surface area contributed by atoms with Gasteiger partial charge in [-0.25, -0.2) is 0 Å². The van der Waals surface area contributed by atoms with E-state index in [1.54, 1.807) is 30.2 Å². The molecule has 0 radical (unpaired) electrons. The number of nitro benzene ring substituents is 1. The summed E-state index contributed by atoms with van der Waals surface area (Å²) in [5.41, 5.74) is 1.92. The second-order valence-electron chi connectivity index (χ2n) is 9.63. The number of para-hydroxylation sites is 1. The average molecular weight is 516 g/mol. The second kappa shape index (κ2) is 12.9. The smallest absolute Gasteiger partial charge is 0.273 e. The van der Waals surface area contributed by atoms with E-state index in [1.165, 1.54) is 6.07 Å². The van der Waals surface area contributed by atoms with Gasteiger partial charge in [-0.3, -0.25) is 19.7 Å². The van der Waals surface area contributed by atoms with Crippen molar-refractivity contribution in [1.82, 2.24) is 10.2 Å². The first kappa shape index (κ1) is 26.9. The highest BCUT2D eigenvalue weighted by Crippen LogP contribution is 2.24. The van der Waals surface area contributed by atoms with E-state index in [2.05, 4.69) is 5.32 Å². The SMILES string of the molecule is COc1cccc(CN(C(=O)Cc2ccccc2[N+](=O)[O-])[C@H](Cc2ccccc2)C(=O)NC2CCCC2)c1. The summed E-state index contributed by atoms with van der Waals surface area (Å²) < 4.78 is 5.37. The summed E-state index contributed by atoms with van der Waals surface area (Å²) >= 11 is 0. The largest absolute Gasteiger partial charge is 0.497 e. The highest BCUT2D eigenvalue weighted by molar-refractivity contribution is 5.89. The number of amides is 2. The molecule has 4 rings (SSSR count). The van der Waals surface area contributed by atoms with Crippen LogP contribution in [0.4, 0.5) is 5.69 Å². The highest BCUT2D eigenvalue weighted by atomic mass is 16.6. The van der Waals surface area contributed by atoms with Crippen molar-refractivity contribution in [3.63, 3.8) is 0 Å². The van der Waals surface area contributed by atoms with Crippen molar-refractivity contribution in [2.45, 2.75) is 57.2 Å². The monoisotopic (exact) mass is 515 g/mol. The number of ether oxygens (including phenoxy) is 1. The number of hydrogen-bond acceptors (Lipinski definition) is 5. The van der Waals surface area contributed by atoms with E-state index in [-0.39, 0.29) is 36.5 Å². The molecule has 0 unspecified atom stereocenters. The van der Waals surface area contributed by atoms with Crippen molar-refractivity contribution in [1.29, 1.82) is 0 Å². The number of nitrogens with zero attached hydrogens (tertiary/aromatic N) is 2. The minimum absolute atomic E-state index is 0.0877. The molecule has 1 aliphatic carbocycles. The lowest BCUT2D eigenvalue weighted by atomic mass is 10.0. The van der Waals surface area contributed by atoms with E-state index in [0.717, 1.165) is 36.8 Å². The first-order chi connectivity index (χ1) is 18.4. The summed E-state index contributed by atoms with van der Waals surface area (Å²) in [6, 6.07) is 22.5. The van der Waals surface area contributed by atoms with Crippen LogP contribution < -0.4 is 10.1 Å². The van der Waals surface area contributed by atoms with Gasteiger partial charge in [-0.2, -0.15) is 0 Å². The van der Waals surface area contributed by atoms with E-state index < -0.39 is 11.0 Å². The van der Waals surface area contributed by atoms with E-state index in [0.29, 0.717) is 17.7 Å². The molecular weight excluding hydrogens is 482 g/mol. The first-order valence-corrected chi connectivity index (χ1v) is 12.9. The van der Waals surface area contributed by atoms with Gasteiger partial charge in [0, 0.05) is 30.6 Å². The predicted octanol–water partition coefficient (Wildman–Crippen LogP) is 4.84. The van der Waals surface area contributed by atoms with Crippen LogP contribution in [0.1, 0.15) is 42.4 Å². The Hall–Kier alpha value is -4.20. The molecule has 1 fully saturated rings. The summed E-state index contributed by atoms with van der Waals surface area (Å²) in [6.07, 6.45) is 4.11. The summed E-state index contributed by atoms with van der Waals surface area (Å²) in [4.78, 5) is 40.4. The lowest BCUT2D eigenvalue weighted by Crippen LogP contribution is -2.52. The molecule has 1 atom stereocenters. The zero-order chi connectivity index (χ0) is 26.9. The topological polar surface area (TPSA) is 102 Å². The van der Waals surface area contributed by atoms with Gasteiger partial charge >= 0.3 is 0 Å². The quantitative estimate of drug-likeness (QED) is 0.291. The molecule has 0 heterocycles. The van der Waals surface area contributed by atoms with Gasteiger partial charge in [0.15, 0.2) is 0 Å². The van der Waals surface area contributed by atoms with Crippen LogP contribution in [0.25, 0.3) is 0 Å². The summed E-state index contributed by atoms with van der Waals surface area (Å²) in [7, 11) is 1.57. The Morgan fingerprint density at radius 3 is 2.39 bits per heavy atom. The first-order valence-electron chi connectivity index (χ1n) is 12.9. The molecule has 8 heteroatoms. The van der Waals surface area contributed by atoms with Crippen molar-refractivity contribution >= 4 is 17.5 Å². The normalized spacial score (nSPS) is 14.0. The van der Waals surface area contributed by atoms with Crippen LogP contribution in [-0.4, -0.2) is 40.8 Å². The third kappa shape index (κ3) is 6.97. The van der Waals surface area contributed by atoms with Gasteiger partial charge in [-0.1, -0.05) is 73.5 Å². The van der Waals surface area contributed by atoms with Gasteiger partial charge < -0.3 is 15.0 Å². The second-order valence-corrected chi connectivity index (χ2v) is 9.63. The molecule has 0 saturated heterocycles. The molecule has 8 nitrogen and oxygen atoms in total. The summed E-state index contributed by atoms with van der Waals surface area (Å²) in [5, 5.41) is 14.8. The van der Waals surface area contributed by atoms with Gasteiger partial charge in [0.25, 0.3) is 5.69 Å². The van der Waals surface area contributed by atoms with Crippen molar-refractivity contribution in [3.8, 4) is 5.75 Å². The Kier molecular flexibility index (Phi) is 9.08. The molecule has 1 saturated carbocycles. The fourth-order valence-electron chi connectivity index (χ4n) is 4.99. The Morgan fingerprint density at radius 1 is 1.00 bits per heavy atom. The zero-order valence-corrected chi connectivity index (χ0v) is 21.5. The van der Waals surface area contributed by atoms with Crippen LogP contribution in [0.15, 0.2) is 78.9 Å². The summed E-state index contributed by atoms with van der Waals surface area (Å²) in [6.45, 7) is 0.159. The molecule has 2 amide bonds. The summed E-state index contributed by atoms with van der Waals surface area (Å²) in [5.74, 6) is 0.0767. The Balaban J connectivity index is 1.70. The lowest BCUT2D eigenvalue weighted by molar-refractivity contribution is -0.385. The number of nitrogens with one attached hydrogen (secondary N) is 1. The number of carbonyl (C=O) groups excluding carboxylic acids is 2. The third-order valence-electron chi connectivity index (χ3n) is 6.99. The molecule has 1 N–H and O–H groups in total. The fraction of sp³-hybridized carbons (Fsp3) is 0.333. The third-order valence-corrected chi connectivity index (χ3v) is 6.99. The fourth-order valence-corrected chi connectivity index (χ4v) is 4.99. The van der Waals surface area contributed by atoms with Crippen molar-refractivity contribution in [2.75, 3.05) is 7.11 Å². The van der Waals surface area contributed by atoms with Crippen molar-refractivity contribution in [2.24, 2.45) is 0 Å². The molecule has 198 valence electrons. The molecular formula is C30H33N3O5. The number of methoxy groups -OCH3 is 1. The molecule has 0 aromatic heterocycles. The maximum atomic E-state index is 13.9. The number of benzene rings is 3. The molecule has 3 aromatic rings. The minimum atomic E-state index is -0.792. The van der Waals surface area contributed by atoms with Gasteiger partial charge in [0.1, 0.15) is 11.8 Å². The molecule has 1 aliphatic rings. The van der Waals surface area contributed by atoms with E-state index in [9.17, 15) is 19.7 Å². The molecule has 0 spiro atoms. The van der Waals surface area contributed by atoms with Crippen LogP contribution >= 0.6 is 0 Å². The standard InChI is InChI=1S/C30H33N3O5/c1-38-26-16-9-12-23(18-26)21-32(29(34)20-24-13-5-8-17-27(24)33(36)37)28(19-22-10-3-2-4-11-22)30(35)31-25-14-6-7-15-25/h2-5,8-13,16-18,25,28H,6-7,14-15,19-21H2,1H3,(H,31,35)/t28-/m1/s1. The van der Waals surface area contributed by atoms with Gasteiger partial charge in [-0.05, 0) is 36.1 Å². The minimum Gasteiger partial charge on any atom is -0.497 e. The number of rotatable bonds is 11. The highest BCUT2D eigenvalue weighted by Gasteiger charge is 2.33. The van der Waals surface area contributed by atoms with Crippen LogP contribution in [0.5, 0.6) is 5.75 Å². The predicted molar refractivity (Wildman–Crippen MR) is 145 cm³/mol. The zero-order valence-electron chi connectivity index (χ0n) is 21.5. The van der Waals surface area contributed by atoms with Crippen molar-refractivity contribution < 1.29 is 19.2 Å². The van der Waals surface area contributed by atoms with E-state index >= 15 is 0 Å². The Morgan fingerprint density at radius 2 is 1.68 bits per heavy atom. The van der Waals surface area contributed by atoms with E-state index in [1.807, 2.05) is 54.6 Å². The van der Waals surface area contributed by atoms with Gasteiger partial charge in [0.05, 0.1) is 18.5 Å². The maximum absolute atomic E-state index is 13.9. The Bertz CT molecular complexity index is 1260. The molecule has 3 aromatic carbocycles. The average Bonchev–Trinajstić information content (AvgIpc) is 3.44. The van der Waals surface area contributed by atoms with Gasteiger partial charge in [0.2, 0.25) is 11.8 Å². The van der Waals surface area contributed by atoms with Crippen molar-refractivity contribution in [3.05, 3.63) is 106 Å². The van der Waals surface area contributed by atoms with E-state index in [4.69, 9.17) is 4.74 Å². The van der Waals surface area contributed by atoms with Crippen LogP contribution in [0.3, 0.4) is 0 Å². The van der Waals surface area contributed by atoms with Crippen LogP contribution in [-0.2, 0) is 29.0 Å². The number of hydrogen-bond donors (Lipinski definition) is 1. The maximum Gasteiger partial charge on any atom is 0.273 e. The lowest BCUT2D eigenvalue weighted by Gasteiger charge is -2.32. The van der Waals surface area contributed by atoms with Gasteiger partial charge in [-0.15, -0.1) is 0 Å². The number of nitro groups is 1. The Labute approximate surface area is 222 Å². The molecule has 0 bridgehead atoms. The molecule has 38 heavy (non-hydrogen) atoms.